The van der Waals surface area contributed by atoms with Gasteiger partial charge in [-0.3, -0.25) is 5.10 Å². The number of nitrogens with one attached hydrogen (secondary N) is 1. The molecular formula is C19H16FN3O3S. The summed E-state index contributed by atoms with van der Waals surface area (Å²) in [5, 5.41) is 19.6. The number of halogens is 1. The summed E-state index contributed by atoms with van der Waals surface area (Å²) in [7, 11) is 1.58. The molecule has 4 rings (SSSR count). The maximum atomic E-state index is 13.9. The number of aromatic amines is 1. The van der Waals surface area contributed by atoms with Gasteiger partial charge in [-0.2, -0.15) is 5.10 Å². The molecule has 0 radical (unpaired) electrons. The van der Waals surface area contributed by atoms with E-state index in [1.807, 2.05) is 5.38 Å². The quantitative estimate of drug-likeness (QED) is 0.486. The maximum Gasteiger partial charge on any atom is 0.220 e. The van der Waals surface area contributed by atoms with E-state index in [1.165, 1.54) is 23.5 Å². The van der Waals surface area contributed by atoms with E-state index in [0.717, 1.165) is 10.3 Å². The van der Waals surface area contributed by atoms with Crippen LogP contribution in [0.1, 0.15) is 0 Å². The first kappa shape index (κ1) is 17.4. The largest absolute Gasteiger partial charge is 0.493 e. The molecule has 0 aliphatic rings. The molecule has 4 aromatic rings. The second-order valence-corrected chi connectivity index (χ2v) is 6.71. The highest BCUT2D eigenvalue weighted by Gasteiger charge is 2.21. The topological polar surface area (TPSA) is 80.3 Å². The Labute approximate surface area is 158 Å². The van der Waals surface area contributed by atoms with Gasteiger partial charge in [0.25, 0.3) is 0 Å². The number of methoxy groups -OCH3 is 1. The lowest BCUT2D eigenvalue weighted by Crippen LogP contribution is -2.05. The summed E-state index contributed by atoms with van der Waals surface area (Å²) in [4.78, 5) is 4.38. The molecule has 2 N–H and O–H groups in total. The maximum absolute atomic E-state index is 13.9. The van der Waals surface area contributed by atoms with Crippen LogP contribution in [-0.4, -0.2) is 40.6 Å². The minimum atomic E-state index is -0.398. The standard InChI is InChI=1S/C19H16FN3O3S/c1-25-5-6-26-15-8-12(20)2-3-13(15)16-17(11-9-21-22-10-11)23-19(24)14-4-7-27-18(14)16/h2-4,7-10H,5-6H2,1H3,(H,21,22)(H,23,24). The highest BCUT2D eigenvalue weighted by Crippen LogP contribution is 2.45. The van der Waals surface area contributed by atoms with Crippen LogP contribution < -0.4 is 4.74 Å². The van der Waals surface area contributed by atoms with Crippen LogP contribution in [0.25, 0.3) is 32.5 Å². The fourth-order valence-electron chi connectivity index (χ4n) is 2.90. The van der Waals surface area contributed by atoms with Crippen molar-refractivity contribution in [2.45, 2.75) is 0 Å². The third-order valence-corrected chi connectivity index (χ3v) is 5.05. The van der Waals surface area contributed by atoms with Crippen LogP contribution in [0.5, 0.6) is 11.6 Å². The Bertz CT molecular complexity index is 1080. The highest BCUT2D eigenvalue weighted by atomic mass is 32.1. The minimum Gasteiger partial charge on any atom is -0.493 e. The summed E-state index contributed by atoms with van der Waals surface area (Å²) in [6.07, 6.45) is 3.32. The third kappa shape index (κ3) is 3.24. The molecule has 3 aromatic heterocycles. The Morgan fingerprint density at radius 2 is 2.15 bits per heavy atom. The molecule has 0 saturated heterocycles. The van der Waals surface area contributed by atoms with E-state index >= 15 is 0 Å². The van der Waals surface area contributed by atoms with E-state index in [1.54, 1.807) is 31.6 Å². The Kier molecular flexibility index (Phi) is 4.74. The van der Waals surface area contributed by atoms with Gasteiger partial charge in [-0.25, -0.2) is 9.37 Å². The molecule has 0 aliphatic heterocycles. The van der Waals surface area contributed by atoms with Crippen LogP contribution >= 0.6 is 11.3 Å². The summed E-state index contributed by atoms with van der Waals surface area (Å²) >= 11 is 1.47. The summed E-state index contributed by atoms with van der Waals surface area (Å²) in [5.74, 6) is -0.0701. The molecule has 27 heavy (non-hydrogen) atoms. The van der Waals surface area contributed by atoms with E-state index in [2.05, 4.69) is 15.2 Å². The molecule has 8 heteroatoms. The van der Waals surface area contributed by atoms with Crippen molar-refractivity contribution in [3.8, 4) is 34.0 Å². The Balaban J connectivity index is 1.97. The van der Waals surface area contributed by atoms with E-state index in [0.29, 0.717) is 34.6 Å². The normalized spacial score (nSPS) is 11.2. The van der Waals surface area contributed by atoms with Crippen molar-refractivity contribution in [3.63, 3.8) is 0 Å². The Morgan fingerprint density at radius 1 is 1.26 bits per heavy atom. The van der Waals surface area contributed by atoms with Gasteiger partial charge < -0.3 is 14.6 Å². The van der Waals surface area contributed by atoms with Gasteiger partial charge in [0.2, 0.25) is 5.88 Å². The molecule has 0 saturated carbocycles. The number of ether oxygens (including phenoxy) is 2. The molecule has 0 aliphatic carbocycles. The second kappa shape index (κ2) is 7.34. The van der Waals surface area contributed by atoms with E-state index < -0.39 is 5.82 Å². The molecule has 3 heterocycles. The van der Waals surface area contributed by atoms with Crippen molar-refractivity contribution in [2.75, 3.05) is 20.3 Å². The van der Waals surface area contributed by atoms with E-state index in [9.17, 15) is 9.50 Å². The van der Waals surface area contributed by atoms with Gasteiger partial charge in [0.05, 0.1) is 23.9 Å². The summed E-state index contributed by atoms with van der Waals surface area (Å²) < 4.78 is 25.5. The number of thiophene rings is 1. The third-order valence-electron chi connectivity index (χ3n) is 4.12. The number of aromatic nitrogens is 3. The average molecular weight is 385 g/mol. The van der Waals surface area contributed by atoms with Crippen LogP contribution in [0.3, 0.4) is 0 Å². The van der Waals surface area contributed by atoms with Crippen molar-refractivity contribution in [3.05, 3.63) is 47.9 Å². The number of fused-ring (bicyclic) bond motifs is 1. The SMILES string of the molecule is COCCOc1cc(F)ccc1-c1c(-c2cn[nH]c2)nc(O)c2ccsc12. The van der Waals surface area contributed by atoms with Crippen molar-refractivity contribution in [2.24, 2.45) is 0 Å². The molecule has 0 bridgehead atoms. The number of benzene rings is 1. The molecule has 0 amide bonds. The molecule has 0 unspecified atom stereocenters. The summed E-state index contributed by atoms with van der Waals surface area (Å²) in [6, 6.07) is 6.19. The summed E-state index contributed by atoms with van der Waals surface area (Å²) in [6.45, 7) is 0.667. The molecule has 0 atom stereocenters. The molecule has 138 valence electrons. The van der Waals surface area contributed by atoms with Crippen molar-refractivity contribution >= 4 is 21.4 Å². The molecule has 6 nitrogen and oxygen atoms in total. The van der Waals surface area contributed by atoms with Gasteiger partial charge in [-0.05, 0) is 23.6 Å². The first-order chi connectivity index (χ1) is 13.2. The molecule has 0 spiro atoms. The van der Waals surface area contributed by atoms with Crippen molar-refractivity contribution < 1.29 is 19.0 Å². The number of hydrogen-bond acceptors (Lipinski definition) is 6. The van der Waals surface area contributed by atoms with Crippen LogP contribution in [0.2, 0.25) is 0 Å². The number of hydrogen-bond donors (Lipinski definition) is 2. The lowest BCUT2D eigenvalue weighted by molar-refractivity contribution is 0.146. The fourth-order valence-corrected chi connectivity index (χ4v) is 3.86. The van der Waals surface area contributed by atoms with Crippen LogP contribution in [0.4, 0.5) is 4.39 Å². The van der Waals surface area contributed by atoms with Gasteiger partial charge >= 0.3 is 0 Å². The van der Waals surface area contributed by atoms with Crippen LogP contribution in [0.15, 0.2) is 42.0 Å². The van der Waals surface area contributed by atoms with E-state index in [4.69, 9.17) is 9.47 Å². The van der Waals surface area contributed by atoms with Gasteiger partial charge in [-0.15, -0.1) is 11.3 Å². The summed E-state index contributed by atoms with van der Waals surface area (Å²) in [5.41, 5.74) is 2.69. The minimum absolute atomic E-state index is 0.0600. The Hall–Kier alpha value is -2.97. The Morgan fingerprint density at radius 3 is 2.93 bits per heavy atom. The van der Waals surface area contributed by atoms with Crippen molar-refractivity contribution in [1.29, 1.82) is 0 Å². The monoisotopic (exact) mass is 385 g/mol. The smallest absolute Gasteiger partial charge is 0.220 e. The molecular weight excluding hydrogens is 369 g/mol. The molecule has 0 fully saturated rings. The predicted octanol–water partition coefficient (Wildman–Crippen LogP) is 4.22. The van der Waals surface area contributed by atoms with Gasteiger partial charge in [0.15, 0.2) is 0 Å². The fraction of sp³-hybridized carbons (Fsp3) is 0.158. The number of aromatic hydroxyl groups is 1. The number of rotatable bonds is 6. The van der Waals surface area contributed by atoms with Crippen LogP contribution in [0, 0.1) is 5.82 Å². The van der Waals surface area contributed by atoms with Gasteiger partial charge in [0, 0.05) is 40.8 Å². The number of nitrogens with zero attached hydrogens (tertiary/aromatic N) is 2. The van der Waals surface area contributed by atoms with Gasteiger partial charge in [0.1, 0.15) is 18.2 Å². The highest BCUT2D eigenvalue weighted by molar-refractivity contribution is 7.17. The van der Waals surface area contributed by atoms with Crippen LogP contribution in [-0.2, 0) is 4.74 Å². The van der Waals surface area contributed by atoms with Gasteiger partial charge in [-0.1, -0.05) is 0 Å². The average Bonchev–Trinajstić information content (AvgIpc) is 3.35. The number of pyridine rings is 1. The zero-order chi connectivity index (χ0) is 18.8. The zero-order valence-corrected chi connectivity index (χ0v) is 15.2. The number of H-pyrrole nitrogens is 1. The second-order valence-electron chi connectivity index (χ2n) is 5.79. The zero-order valence-electron chi connectivity index (χ0n) is 14.4. The molecule has 1 aromatic carbocycles. The lowest BCUT2D eigenvalue weighted by Gasteiger charge is -2.15. The lowest BCUT2D eigenvalue weighted by atomic mass is 9.98. The first-order valence-corrected chi connectivity index (χ1v) is 9.08. The van der Waals surface area contributed by atoms with Crippen molar-refractivity contribution in [1.82, 2.24) is 15.2 Å². The van der Waals surface area contributed by atoms with E-state index in [-0.39, 0.29) is 12.5 Å². The predicted molar refractivity (Wildman–Crippen MR) is 102 cm³/mol. The first-order valence-electron chi connectivity index (χ1n) is 8.20.